The maximum absolute atomic E-state index is 9.13. The number of aliphatic hydroxyl groups is 1. The first kappa shape index (κ1) is 14.0. The van der Waals surface area contributed by atoms with Crippen LogP contribution in [-0.4, -0.2) is 23.2 Å². The van der Waals surface area contributed by atoms with Crippen molar-refractivity contribution in [3.05, 3.63) is 23.4 Å². The molecule has 0 saturated heterocycles. The van der Waals surface area contributed by atoms with Crippen molar-refractivity contribution in [2.45, 2.75) is 47.3 Å². The molecule has 0 radical (unpaired) electrons. The summed E-state index contributed by atoms with van der Waals surface area (Å²) in [7, 11) is 2.07. The van der Waals surface area contributed by atoms with Gasteiger partial charge in [-0.15, -0.1) is 0 Å². The first-order valence-electron chi connectivity index (χ1n) is 6.07. The Morgan fingerprint density at radius 3 is 2.35 bits per heavy atom. The molecule has 0 spiro atoms. The summed E-state index contributed by atoms with van der Waals surface area (Å²) in [6.45, 7) is 10.9. The Morgan fingerprint density at radius 2 is 1.94 bits per heavy atom. The number of pyridine rings is 1. The van der Waals surface area contributed by atoms with Gasteiger partial charge in [-0.05, 0) is 30.9 Å². The molecule has 1 aromatic heterocycles. The normalized spacial score (nSPS) is 13.6. The lowest BCUT2D eigenvalue weighted by Gasteiger charge is -2.36. The predicted molar refractivity (Wildman–Crippen MR) is 72.2 cm³/mol. The first-order chi connectivity index (χ1) is 7.77. The number of aliphatic hydroxyl groups excluding tert-OH is 1. The molecular weight excluding hydrogens is 212 g/mol. The second-order valence-corrected chi connectivity index (χ2v) is 5.73. The van der Waals surface area contributed by atoms with Crippen molar-refractivity contribution in [1.29, 1.82) is 0 Å². The summed E-state index contributed by atoms with van der Waals surface area (Å²) in [6, 6.07) is 4.32. The highest BCUT2D eigenvalue weighted by Crippen LogP contribution is 2.26. The average molecular weight is 236 g/mol. The molecule has 96 valence electrons. The lowest BCUT2D eigenvalue weighted by atomic mass is 9.87. The summed E-state index contributed by atoms with van der Waals surface area (Å²) in [4.78, 5) is 6.73. The maximum atomic E-state index is 9.13. The summed E-state index contributed by atoms with van der Waals surface area (Å²) in [5, 5.41) is 9.13. The Balaban J connectivity index is 2.97. The fourth-order valence-corrected chi connectivity index (χ4v) is 1.72. The highest BCUT2D eigenvalue weighted by molar-refractivity contribution is 5.42. The van der Waals surface area contributed by atoms with Gasteiger partial charge in [0.1, 0.15) is 5.82 Å². The smallest absolute Gasteiger partial charge is 0.128 e. The van der Waals surface area contributed by atoms with E-state index in [9.17, 15) is 0 Å². The summed E-state index contributed by atoms with van der Waals surface area (Å²) in [6.07, 6.45) is 0. The summed E-state index contributed by atoms with van der Waals surface area (Å²) < 4.78 is 0. The van der Waals surface area contributed by atoms with Gasteiger partial charge in [-0.25, -0.2) is 4.98 Å². The minimum atomic E-state index is 0.0532. The van der Waals surface area contributed by atoms with Crippen LogP contribution in [0.25, 0.3) is 0 Å². The fraction of sp³-hybridized carbons (Fsp3) is 0.643. The molecule has 0 bridgehead atoms. The molecule has 1 atom stereocenters. The molecule has 1 N–H and O–H groups in total. The van der Waals surface area contributed by atoms with Crippen LogP contribution in [0.1, 0.15) is 39.0 Å². The van der Waals surface area contributed by atoms with Crippen molar-refractivity contribution in [3.8, 4) is 0 Å². The molecule has 1 aromatic rings. The van der Waals surface area contributed by atoms with Crippen LogP contribution in [0.4, 0.5) is 5.82 Å². The molecule has 0 saturated carbocycles. The zero-order valence-electron chi connectivity index (χ0n) is 11.8. The second kappa shape index (κ2) is 5.05. The minimum Gasteiger partial charge on any atom is -0.392 e. The van der Waals surface area contributed by atoms with E-state index in [1.54, 1.807) is 0 Å². The number of rotatable bonds is 3. The third-order valence-corrected chi connectivity index (χ3v) is 3.55. The topological polar surface area (TPSA) is 36.4 Å². The van der Waals surface area contributed by atoms with Gasteiger partial charge in [0, 0.05) is 18.8 Å². The molecule has 17 heavy (non-hydrogen) atoms. The highest BCUT2D eigenvalue weighted by atomic mass is 16.3. The third kappa shape index (κ3) is 3.19. The molecule has 0 fully saturated rings. The molecular formula is C14H24N2O. The van der Waals surface area contributed by atoms with E-state index >= 15 is 0 Å². The number of anilines is 1. The summed E-state index contributed by atoms with van der Waals surface area (Å²) in [5.74, 6) is 0.960. The maximum Gasteiger partial charge on any atom is 0.128 e. The number of aryl methyl sites for hydroxylation is 1. The number of aromatic nitrogens is 1. The van der Waals surface area contributed by atoms with E-state index < -0.39 is 0 Å². The SMILES string of the molecule is Cc1nc(N(C)C(C)C(C)(C)C)ccc1CO. The van der Waals surface area contributed by atoms with Crippen molar-refractivity contribution >= 4 is 5.82 Å². The van der Waals surface area contributed by atoms with Crippen LogP contribution in [0, 0.1) is 12.3 Å². The zero-order chi connectivity index (χ0) is 13.2. The molecule has 1 heterocycles. The van der Waals surface area contributed by atoms with Gasteiger partial charge in [-0.3, -0.25) is 0 Å². The van der Waals surface area contributed by atoms with E-state index in [-0.39, 0.29) is 12.0 Å². The van der Waals surface area contributed by atoms with Gasteiger partial charge < -0.3 is 10.0 Å². The Hall–Kier alpha value is -1.09. The van der Waals surface area contributed by atoms with Crippen LogP contribution < -0.4 is 4.90 Å². The standard InChI is InChI=1S/C14H24N2O/c1-10-12(9-17)7-8-13(15-10)16(6)11(2)14(3,4)5/h7-8,11,17H,9H2,1-6H3. The van der Waals surface area contributed by atoms with Gasteiger partial charge >= 0.3 is 0 Å². The molecule has 3 heteroatoms. The molecule has 0 aliphatic rings. The van der Waals surface area contributed by atoms with Gasteiger partial charge in [0.2, 0.25) is 0 Å². The van der Waals surface area contributed by atoms with Crippen LogP contribution in [0.5, 0.6) is 0 Å². The molecule has 3 nitrogen and oxygen atoms in total. The molecule has 0 aliphatic heterocycles. The van der Waals surface area contributed by atoms with E-state index in [1.165, 1.54) is 0 Å². The molecule has 1 rings (SSSR count). The third-order valence-electron chi connectivity index (χ3n) is 3.55. The van der Waals surface area contributed by atoms with Gasteiger partial charge in [0.05, 0.1) is 6.61 Å². The minimum absolute atomic E-state index is 0.0532. The van der Waals surface area contributed by atoms with E-state index in [2.05, 4.69) is 44.6 Å². The van der Waals surface area contributed by atoms with Gasteiger partial charge in [0.15, 0.2) is 0 Å². The van der Waals surface area contributed by atoms with E-state index in [4.69, 9.17) is 5.11 Å². The molecule has 1 unspecified atom stereocenters. The molecule has 0 aliphatic carbocycles. The molecule has 0 amide bonds. The predicted octanol–water partition coefficient (Wildman–Crippen LogP) is 2.75. The summed E-state index contributed by atoms with van der Waals surface area (Å²) >= 11 is 0. The number of hydrogen-bond acceptors (Lipinski definition) is 3. The van der Waals surface area contributed by atoms with E-state index in [0.717, 1.165) is 17.1 Å². The average Bonchev–Trinajstić information content (AvgIpc) is 2.25. The quantitative estimate of drug-likeness (QED) is 0.876. The van der Waals surface area contributed by atoms with Gasteiger partial charge in [0.25, 0.3) is 0 Å². The van der Waals surface area contributed by atoms with Crippen LogP contribution >= 0.6 is 0 Å². The van der Waals surface area contributed by atoms with E-state index in [0.29, 0.717) is 6.04 Å². The second-order valence-electron chi connectivity index (χ2n) is 5.73. The Bertz CT molecular complexity index is 382. The zero-order valence-corrected chi connectivity index (χ0v) is 11.8. The van der Waals surface area contributed by atoms with Crippen LogP contribution in [0.2, 0.25) is 0 Å². The van der Waals surface area contributed by atoms with Crippen molar-refractivity contribution in [2.75, 3.05) is 11.9 Å². The van der Waals surface area contributed by atoms with Gasteiger partial charge in [-0.1, -0.05) is 26.8 Å². The first-order valence-corrected chi connectivity index (χ1v) is 6.07. The lowest BCUT2D eigenvalue weighted by molar-refractivity contribution is 0.280. The Labute approximate surface area is 104 Å². The van der Waals surface area contributed by atoms with Gasteiger partial charge in [-0.2, -0.15) is 0 Å². The van der Waals surface area contributed by atoms with Crippen molar-refractivity contribution < 1.29 is 5.11 Å². The molecule has 0 aromatic carbocycles. The van der Waals surface area contributed by atoms with Crippen LogP contribution in [0.15, 0.2) is 12.1 Å². The fourth-order valence-electron chi connectivity index (χ4n) is 1.72. The van der Waals surface area contributed by atoms with E-state index in [1.807, 2.05) is 19.1 Å². The van der Waals surface area contributed by atoms with Crippen LogP contribution in [0.3, 0.4) is 0 Å². The Kier molecular flexibility index (Phi) is 4.15. The lowest BCUT2D eigenvalue weighted by Crippen LogP contribution is -2.39. The monoisotopic (exact) mass is 236 g/mol. The van der Waals surface area contributed by atoms with Crippen molar-refractivity contribution in [1.82, 2.24) is 4.98 Å². The summed E-state index contributed by atoms with van der Waals surface area (Å²) in [5.41, 5.74) is 2.00. The largest absolute Gasteiger partial charge is 0.392 e. The Morgan fingerprint density at radius 1 is 1.35 bits per heavy atom. The van der Waals surface area contributed by atoms with Crippen LogP contribution in [-0.2, 0) is 6.61 Å². The highest BCUT2D eigenvalue weighted by Gasteiger charge is 2.24. The van der Waals surface area contributed by atoms with Crippen molar-refractivity contribution in [3.63, 3.8) is 0 Å². The van der Waals surface area contributed by atoms with Crippen molar-refractivity contribution in [2.24, 2.45) is 5.41 Å². The number of hydrogen-bond donors (Lipinski definition) is 1. The number of nitrogens with zero attached hydrogens (tertiary/aromatic N) is 2.